The molecule has 0 spiro atoms. The number of anilines is 1. The van der Waals surface area contributed by atoms with E-state index in [0.29, 0.717) is 24.3 Å². The van der Waals surface area contributed by atoms with Gasteiger partial charge in [0.25, 0.3) is 0 Å². The number of piperidine rings is 2. The van der Waals surface area contributed by atoms with Gasteiger partial charge in [-0.15, -0.1) is 0 Å². The summed E-state index contributed by atoms with van der Waals surface area (Å²) in [6.07, 6.45) is 0.328. The van der Waals surface area contributed by atoms with Gasteiger partial charge >= 0.3 is 6.18 Å². The smallest absolute Gasteiger partial charge is 0.369 e. The minimum Gasteiger partial charge on any atom is -0.369 e. The number of nitrogens with zero attached hydrogens (tertiary/aromatic N) is 3. The summed E-state index contributed by atoms with van der Waals surface area (Å²) in [5.74, 6) is 0.372. The summed E-state index contributed by atoms with van der Waals surface area (Å²) in [4.78, 5) is 21.3. The highest BCUT2D eigenvalue weighted by Gasteiger charge is 2.36. The van der Waals surface area contributed by atoms with Gasteiger partial charge in [-0.05, 0) is 75.0 Å². The van der Waals surface area contributed by atoms with Crippen LogP contribution in [0.3, 0.4) is 0 Å². The monoisotopic (exact) mass is 462 g/mol. The predicted molar refractivity (Wildman–Crippen MR) is 124 cm³/mol. The fourth-order valence-corrected chi connectivity index (χ4v) is 5.32. The van der Waals surface area contributed by atoms with Gasteiger partial charge in [-0.2, -0.15) is 13.2 Å². The van der Waals surface area contributed by atoms with Gasteiger partial charge in [0, 0.05) is 42.8 Å². The van der Waals surface area contributed by atoms with Crippen molar-refractivity contribution in [2.24, 2.45) is 11.3 Å². The number of carbonyl (C=O) groups is 1. The number of halogens is 3. The number of amides is 1. The van der Waals surface area contributed by atoms with Crippen molar-refractivity contribution in [3.63, 3.8) is 0 Å². The average Bonchev–Trinajstić information content (AvgIpc) is 2.74. The summed E-state index contributed by atoms with van der Waals surface area (Å²) in [6, 6.07) is 5.99. The Balaban J connectivity index is 1.50. The molecule has 1 aromatic heterocycles. The van der Waals surface area contributed by atoms with E-state index in [-0.39, 0.29) is 22.9 Å². The van der Waals surface area contributed by atoms with E-state index in [1.807, 2.05) is 0 Å². The molecule has 1 amide bonds. The Labute approximate surface area is 193 Å². The van der Waals surface area contributed by atoms with Crippen LogP contribution in [0.4, 0.5) is 18.9 Å². The van der Waals surface area contributed by atoms with E-state index in [9.17, 15) is 18.0 Å². The predicted octanol–water partition coefficient (Wildman–Crippen LogP) is 4.71. The first-order chi connectivity index (χ1) is 15.5. The topological polar surface area (TPSA) is 48.5 Å². The molecule has 4 rings (SSSR count). The fraction of sp³-hybridized carbons (Fsp3) is 0.600. The molecule has 8 heteroatoms. The summed E-state index contributed by atoms with van der Waals surface area (Å²) in [6.45, 7) is 7.63. The van der Waals surface area contributed by atoms with Crippen LogP contribution in [0.5, 0.6) is 0 Å². The molecule has 1 aromatic carbocycles. The van der Waals surface area contributed by atoms with Gasteiger partial charge in [-0.1, -0.05) is 13.8 Å². The molecule has 5 nitrogen and oxygen atoms in total. The Morgan fingerprint density at radius 1 is 1.21 bits per heavy atom. The molecule has 33 heavy (non-hydrogen) atoms. The average molecular weight is 463 g/mol. The van der Waals surface area contributed by atoms with Crippen molar-refractivity contribution < 1.29 is 18.0 Å². The van der Waals surface area contributed by atoms with E-state index < -0.39 is 11.7 Å². The number of pyridine rings is 1. The molecule has 2 aliphatic heterocycles. The van der Waals surface area contributed by atoms with Crippen molar-refractivity contribution in [2.45, 2.75) is 51.7 Å². The lowest BCUT2D eigenvalue weighted by atomic mass is 9.77. The first kappa shape index (κ1) is 23.8. The first-order valence-corrected chi connectivity index (χ1v) is 11.7. The molecule has 2 atom stereocenters. The van der Waals surface area contributed by atoms with Gasteiger partial charge in [-0.25, -0.2) is 0 Å². The maximum Gasteiger partial charge on any atom is 0.418 e. The zero-order chi connectivity index (χ0) is 23.8. The highest BCUT2D eigenvalue weighted by molar-refractivity contribution is 5.94. The molecular formula is C25H33F3N4O. The van der Waals surface area contributed by atoms with Gasteiger partial charge < -0.3 is 15.1 Å². The standard InChI is InChI=1S/C25H33F3N4O/c1-17-13-18(30-22(33)14-24(2)8-11-31(3)12-9-24)16-32(15-17)21-7-6-20(25(26,27)28)23-19(21)5-4-10-29-23/h4-7,10,17-18H,8-9,11-16H2,1-3H3,(H,30,33). The lowest BCUT2D eigenvalue weighted by Crippen LogP contribution is -2.51. The maximum absolute atomic E-state index is 13.5. The molecule has 0 saturated carbocycles. The first-order valence-electron chi connectivity index (χ1n) is 11.7. The molecule has 3 heterocycles. The molecule has 2 fully saturated rings. The minimum absolute atomic E-state index is 0.0197. The third kappa shape index (κ3) is 5.42. The van der Waals surface area contributed by atoms with Gasteiger partial charge in [0.05, 0.1) is 11.1 Å². The van der Waals surface area contributed by atoms with Crippen LogP contribution in [0.1, 0.15) is 45.1 Å². The molecular weight excluding hydrogens is 429 g/mol. The van der Waals surface area contributed by atoms with Crippen LogP contribution in [0.15, 0.2) is 30.5 Å². The Hall–Kier alpha value is -2.35. The Bertz CT molecular complexity index is 1000. The number of alkyl halides is 3. The molecule has 0 bridgehead atoms. The van der Waals surface area contributed by atoms with Crippen molar-refractivity contribution >= 4 is 22.5 Å². The van der Waals surface area contributed by atoms with Crippen LogP contribution in [0.25, 0.3) is 10.9 Å². The summed E-state index contributed by atoms with van der Waals surface area (Å²) < 4.78 is 40.5. The molecule has 1 N–H and O–H groups in total. The molecule has 2 aliphatic rings. The molecule has 2 unspecified atom stereocenters. The number of fused-ring (bicyclic) bond motifs is 1. The largest absolute Gasteiger partial charge is 0.418 e. The zero-order valence-electron chi connectivity index (χ0n) is 19.6. The number of hydrogen-bond acceptors (Lipinski definition) is 4. The highest BCUT2D eigenvalue weighted by Crippen LogP contribution is 2.39. The lowest BCUT2D eigenvalue weighted by molar-refractivity contribution is -0.136. The van der Waals surface area contributed by atoms with Crippen LogP contribution in [-0.2, 0) is 11.0 Å². The van der Waals surface area contributed by atoms with Gasteiger partial charge in [0.15, 0.2) is 0 Å². The van der Waals surface area contributed by atoms with E-state index in [1.165, 1.54) is 6.20 Å². The van der Waals surface area contributed by atoms with E-state index in [4.69, 9.17) is 0 Å². The SMILES string of the molecule is CC1CC(NC(=O)CC2(C)CCN(C)CC2)CN(c2ccc(C(F)(F)F)c3ncccc23)C1. The minimum atomic E-state index is -4.46. The third-order valence-electron chi connectivity index (χ3n) is 7.20. The Kier molecular flexibility index (Phi) is 6.58. The van der Waals surface area contributed by atoms with Crippen LogP contribution >= 0.6 is 0 Å². The lowest BCUT2D eigenvalue weighted by Gasteiger charge is -2.40. The van der Waals surface area contributed by atoms with Gasteiger partial charge in [-0.3, -0.25) is 9.78 Å². The Morgan fingerprint density at radius 3 is 2.64 bits per heavy atom. The normalized spacial score (nSPS) is 24.1. The number of likely N-dealkylation sites (tertiary alicyclic amines) is 1. The molecule has 0 radical (unpaired) electrons. The fourth-order valence-electron chi connectivity index (χ4n) is 5.32. The highest BCUT2D eigenvalue weighted by atomic mass is 19.4. The Morgan fingerprint density at radius 2 is 1.94 bits per heavy atom. The van der Waals surface area contributed by atoms with Crippen molar-refractivity contribution in [3.05, 3.63) is 36.0 Å². The maximum atomic E-state index is 13.5. The number of carbonyl (C=O) groups excluding carboxylic acids is 1. The number of hydrogen-bond donors (Lipinski definition) is 1. The molecule has 2 saturated heterocycles. The van der Waals surface area contributed by atoms with Gasteiger partial charge in [0.2, 0.25) is 5.91 Å². The van der Waals surface area contributed by atoms with Gasteiger partial charge in [0.1, 0.15) is 0 Å². The van der Waals surface area contributed by atoms with Crippen molar-refractivity contribution in [3.8, 4) is 0 Å². The van der Waals surface area contributed by atoms with Crippen LogP contribution in [0.2, 0.25) is 0 Å². The van der Waals surface area contributed by atoms with E-state index in [1.54, 1.807) is 18.2 Å². The zero-order valence-corrected chi connectivity index (χ0v) is 19.6. The summed E-state index contributed by atoms with van der Waals surface area (Å²) in [7, 11) is 2.11. The van der Waals surface area contributed by atoms with E-state index in [2.05, 4.69) is 41.0 Å². The van der Waals surface area contributed by atoms with E-state index >= 15 is 0 Å². The summed E-state index contributed by atoms with van der Waals surface area (Å²) in [5.41, 5.74) is 0.00472. The van der Waals surface area contributed by atoms with Crippen LogP contribution < -0.4 is 10.2 Å². The van der Waals surface area contributed by atoms with Crippen LogP contribution in [-0.4, -0.2) is 55.1 Å². The molecule has 2 aromatic rings. The van der Waals surface area contributed by atoms with E-state index in [0.717, 1.165) is 50.7 Å². The third-order valence-corrected chi connectivity index (χ3v) is 7.20. The quantitative estimate of drug-likeness (QED) is 0.715. The van der Waals surface area contributed by atoms with Crippen LogP contribution in [0, 0.1) is 11.3 Å². The van der Waals surface area contributed by atoms with Crippen molar-refractivity contribution in [1.82, 2.24) is 15.2 Å². The second-order valence-corrected chi connectivity index (χ2v) is 10.3. The number of aromatic nitrogens is 1. The summed E-state index contributed by atoms with van der Waals surface area (Å²) in [5, 5.41) is 3.72. The second-order valence-electron chi connectivity index (χ2n) is 10.3. The number of rotatable bonds is 4. The van der Waals surface area contributed by atoms with Crippen molar-refractivity contribution in [2.75, 3.05) is 38.1 Å². The number of benzene rings is 1. The molecule has 0 aliphatic carbocycles. The number of nitrogens with one attached hydrogen (secondary N) is 1. The van der Waals surface area contributed by atoms with Crippen molar-refractivity contribution in [1.29, 1.82) is 0 Å². The molecule has 180 valence electrons. The summed E-state index contributed by atoms with van der Waals surface area (Å²) >= 11 is 0. The second kappa shape index (κ2) is 9.12.